The van der Waals surface area contributed by atoms with Gasteiger partial charge in [0.05, 0.1) is 12.0 Å². The number of amidine groups is 1. The van der Waals surface area contributed by atoms with Crippen molar-refractivity contribution in [1.82, 2.24) is 5.32 Å². The molecule has 1 aromatic rings. The fourth-order valence-corrected chi connectivity index (χ4v) is 1.42. The Labute approximate surface area is 109 Å². The lowest BCUT2D eigenvalue weighted by Crippen LogP contribution is -2.53. The van der Waals surface area contributed by atoms with E-state index in [0.29, 0.717) is 5.56 Å². The number of rotatable bonds is 4. The minimum Gasteiger partial charge on any atom is -0.409 e. The van der Waals surface area contributed by atoms with Crippen molar-refractivity contribution in [3.05, 3.63) is 35.4 Å². The average molecular weight is 271 g/mol. The number of oxime groups is 1. The third-order valence-corrected chi connectivity index (χ3v) is 2.55. The van der Waals surface area contributed by atoms with Crippen molar-refractivity contribution >= 4 is 11.7 Å². The van der Waals surface area contributed by atoms with E-state index in [0.717, 1.165) is 12.1 Å². The molecule has 0 bridgehead atoms. The first-order valence-electron chi connectivity index (χ1n) is 5.49. The Morgan fingerprint density at radius 1 is 1.42 bits per heavy atom. The van der Waals surface area contributed by atoms with Gasteiger partial charge in [0.1, 0.15) is 0 Å². The van der Waals surface area contributed by atoms with E-state index in [1.165, 1.54) is 6.07 Å². The zero-order valence-corrected chi connectivity index (χ0v) is 10.6. The van der Waals surface area contributed by atoms with Gasteiger partial charge in [0.15, 0.2) is 17.5 Å². The number of halogens is 2. The van der Waals surface area contributed by atoms with E-state index in [2.05, 4.69) is 10.5 Å². The van der Waals surface area contributed by atoms with Gasteiger partial charge in [0.25, 0.3) is 0 Å². The number of carbonyl (C=O) groups excluding carboxylic acids is 1. The van der Waals surface area contributed by atoms with Gasteiger partial charge in [-0.05, 0) is 31.5 Å². The Hall–Kier alpha value is -2.18. The minimum absolute atomic E-state index is 0.140. The fourth-order valence-electron chi connectivity index (χ4n) is 1.42. The molecule has 0 aliphatic rings. The van der Waals surface area contributed by atoms with Crippen molar-refractivity contribution in [2.45, 2.75) is 25.8 Å². The van der Waals surface area contributed by atoms with Crippen LogP contribution in [0.15, 0.2) is 23.4 Å². The summed E-state index contributed by atoms with van der Waals surface area (Å²) >= 11 is 0. The molecule has 5 nitrogen and oxygen atoms in total. The summed E-state index contributed by atoms with van der Waals surface area (Å²) in [5, 5.41) is 13.9. The summed E-state index contributed by atoms with van der Waals surface area (Å²) in [5.41, 5.74) is 4.70. The zero-order valence-electron chi connectivity index (χ0n) is 10.6. The van der Waals surface area contributed by atoms with Gasteiger partial charge in [-0.2, -0.15) is 0 Å². The van der Waals surface area contributed by atoms with Crippen LogP contribution in [0.25, 0.3) is 0 Å². The third-order valence-electron chi connectivity index (χ3n) is 2.55. The highest BCUT2D eigenvalue weighted by Crippen LogP contribution is 2.10. The molecule has 0 aliphatic carbocycles. The van der Waals surface area contributed by atoms with Crippen LogP contribution in [0.1, 0.15) is 19.4 Å². The van der Waals surface area contributed by atoms with Crippen molar-refractivity contribution < 1.29 is 18.8 Å². The van der Waals surface area contributed by atoms with E-state index >= 15 is 0 Å². The highest BCUT2D eigenvalue weighted by molar-refractivity contribution is 5.93. The number of amides is 1. The van der Waals surface area contributed by atoms with E-state index in [-0.39, 0.29) is 12.3 Å². The predicted octanol–water partition coefficient (Wildman–Crippen LogP) is 1.15. The summed E-state index contributed by atoms with van der Waals surface area (Å²) in [6.07, 6.45) is -0.140. The summed E-state index contributed by atoms with van der Waals surface area (Å²) < 4.78 is 25.7. The van der Waals surface area contributed by atoms with Gasteiger partial charge in [0, 0.05) is 0 Å². The van der Waals surface area contributed by atoms with Gasteiger partial charge < -0.3 is 16.3 Å². The number of hydrogen-bond donors (Lipinski definition) is 3. The van der Waals surface area contributed by atoms with E-state index in [1.54, 1.807) is 13.8 Å². The summed E-state index contributed by atoms with van der Waals surface area (Å²) in [5.74, 6) is -2.60. The molecule has 1 amide bonds. The second-order valence-electron chi connectivity index (χ2n) is 4.58. The number of carbonyl (C=O) groups is 1. The number of nitrogens with zero attached hydrogens (tertiary/aromatic N) is 1. The molecular formula is C12H15F2N3O2. The standard InChI is InChI=1S/C12H15F2N3O2/c1-12(2,11(15)17-19)16-10(18)6-7-3-4-8(13)9(14)5-7/h3-5,19H,6H2,1-2H3,(H2,15,17)(H,16,18). The fraction of sp³-hybridized carbons (Fsp3) is 0.333. The minimum atomic E-state index is -1.04. The quantitative estimate of drug-likeness (QED) is 0.332. The molecule has 0 saturated heterocycles. The molecule has 0 saturated carbocycles. The topological polar surface area (TPSA) is 87.7 Å². The van der Waals surface area contributed by atoms with E-state index in [1.807, 2.05) is 0 Å². The average Bonchev–Trinajstić information content (AvgIpc) is 2.32. The Balaban J connectivity index is 2.73. The molecule has 0 atom stereocenters. The van der Waals surface area contributed by atoms with Crippen molar-refractivity contribution in [1.29, 1.82) is 0 Å². The van der Waals surface area contributed by atoms with E-state index in [4.69, 9.17) is 10.9 Å². The first-order chi connectivity index (χ1) is 8.76. The molecule has 1 rings (SSSR count). The predicted molar refractivity (Wildman–Crippen MR) is 65.7 cm³/mol. The number of hydrogen-bond acceptors (Lipinski definition) is 3. The second-order valence-corrected chi connectivity index (χ2v) is 4.58. The van der Waals surface area contributed by atoms with Crippen LogP contribution < -0.4 is 11.1 Å². The van der Waals surface area contributed by atoms with Gasteiger partial charge in [0.2, 0.25) is 5.91 Å². The molecule has 0 unspecified atom stereocenters. The molecule has 0 fully saturated rings. The number of nitrogens with two attached hydrogens (primary N) is 1. The SMILES string of the molecule is CC(C)(NC(=O)Cc1ccc(F)c(F)c1)C(N)=NO. The largest absolute Gasteiger partial charge is 0.409 e. The van der Waals surface area contributed by atoms with Crippen LogP contribution in [0, 0.1) is 11.6 Å². The first-order valence-corrected chi connectivity index (χ1v) is 5.49. The Kier molecular flexibility index (Phi) is 4.42. The van der Waals surface area contributed by atoms with Gasteiger partial charge in [-0.3, -0.25) is 4.79 Å². The lowest BCUT2D eigenvalue weighted by Gasteiger charge is -2.24. The summed E-state index contributed by atoms with van der Waals surface area (Å²) in [4.78, 5) is 11.7. The van der Waals surface area contributed by atoms with Crippen molar-refractivity contribution in [3.63, 3.8) is 0 Å². The monoisotopic (exact) mass is 271 g/mol. The maximum absolute atomic E-state index is 13.0. The number of benzene rings is 1. The third kappa shape index (κ3) is 3.90. The molecule has 0 aliphatic heterocycles. The molecule has 0 aromatic heterocycles. The van der Waals surface area contributed by atoms with Gasteiger partial charge in [-0.1, -0.05) is 11.2 Å². The molecule has 1 aromatic carbocycles. The van der Waals surface area contributed by atoms with Crippen molar-refractivity contribution in [3.8, 4) is 0 Å². The Bertz CT molecular complexity index is 516. The first kappa shape index (κ1) is 14.9. The number of nitrogens with one attached hydrogen (secondary N) is 1. The van der Waals surface area contributed by atoms with Crippen LogP contribution in [0.2, 0.25) is 0 Å². The van der Waals surface area contributed by atoms with Crippen LogP contribution in [-0.2, 0) is 11.2 Å². The normalized spacial score (nSPS) is 12.3. The molecular weight excluding hydrogens is 256 g/mol. The molecule has 0 radical (unpaired) electrons. The molecule has 7 heteroatoms. The zero-order chi connectivity index (χ0) is 14.6. The molecule has 19 heavy (non-hydrogen) atoms. The highest BCUT2D eigenvalue weighted by Gasteiger charge is 2.25. The molecule has 4 N–H and O–H groups in total. The van der Waals surface area contributed by atoms with Crippen LogP contribution in [0.4, 0.5) is 8.78 Å². The van der Waals surface area contributed by atoms with Crippen LogP contribution in [-0.4, -0.2) is 22.5 Å². The van der Waals surface area contributed by atoms with Crippen molar-refractivity contribution in [2.75, 3.05) is 0 Å². The summed E-state index contributed by atoms with van der Waals surface area (Å²) in [7, 11) is 0. The van der Waals surface area contributed by atoms with E-state index in [9.17, 15) is 13.6 Å². The summed E-state index contributed by atoms with van der Waals surface area (Å²) in [6.45, 7) is 3.09. The second kappa shape index (κ2) is 5.64. The maximum atomic E-state index is 13.0. The maximum Gasteiger partial charge on any atom is 0.225 e. The van der Waals surface area contributed by atoms with Crippen LogP contribution in [0.3, 0.4) is 0 Å². The highest BCUT2D eigenvalue weighted by atomic mass is 19.2. The molecule has 0 heterocycles. The lowest BCUT2D eigenvalue weighted by atomic mass is 10.0. The van der Waals surface area contributed by atoms with Gasteiger partial charge in [-0.15, -0.1) is 0 Å². The van der Waals surface area contributed by atoms with Crippen molar-refractivity contribution in [2.24, 2.45) is 10.9 Å². The molecule has 0 spiro atoms. The van der Waals surface area contributed by atoms with Crippen LogP contribution >= 0.6 is 0 Å². The van der Waals surface area contributed by atoms with Crippen LogP contribution in [0.5, 0.6) is 0 Å². The lowest BCUT2D eigenvalue weighted by molar-refractivity contribution is -0.121. The van der Waals surface area contributed by atoms with Gasteiger partial charge >= 0.3 is 0 Å². The summed E-state index contributed by atoms with van der Waals surface area (Å²) in [6, 6.07) is 3.21. The smallest absolute Gasteiger partial charge is 0.225 e. The Morgan fingerprint density at radius 2 is 2.05 bits per heavy atom. The Morgan fingerprint density at radius 3 is 2.58 bits per heavy atom. The van der Waals surface area contributed by atoms with Gasteiger partial charge in [-0.25, -0.2) is 8.78 Å². The van der Waals surface area contributed by atoms with E-state index < -0.39 is 23.1 Å². The molecule has 104 valence electrons.